The van der Waals surface area contributed by atoms with Crippen LogP contribution in [0.25, 0.3) is 0 Å². The molecule has 0 aliphatic carbocycles. The van der Waals surface area contributed by atoms with Crippen molar-refractivity contribution in [2.75, 3.05) is 11.9 Å². The summed E-state index contributed by atoms with van der Waals surface area (Å²) < 4.78 is 14.6. The number of amides is 2. The molecule has 0 unspecified atom stereocenters. The van der Waals surface area contributed by atoms with Crippen LogP contribution in [0.3, 0.4) is 0 Å². The van der Waals surface area contributed by atoms with Crippen molar-refractivity contribution in [3.8, 4) is 0 Å². The Morgan fingerprint density at radius 2 is 1.77 bits per heavy atom. The van der Waals surface area contributed by atoms with E-state index in [1.165, 1.54) is 0 Å². The molecule has 186 valence electrons. The van der Waals surface area contributed by atoms with E-state index in [1.54, 1.807) is 10.9 Å². The Labute approximate surface area is 214 Å². The number of nitrogens with one attached hydrogen (secondary N) is 2. The Hall–Kier alpha value is -2.62. The molecule has 2 aromatic carbocycles. The van der Waals surface area contributed by atoms with Gasteiger partial charge in [0.2, 0.25) is 0 Å². The number of aliphatic hydroxyl groups excluding tert-OH is 1. The molecule has 0 bridgehead atoms. The van der Waals surface area contributed by atoms with Gasteiger partial charge in [-0.15, -0.1) is 0 Å². The normalized spacial score (nSPS) is 22.1. The minimum absolute atomic E-state index is 0.0216. The summed E-state index contributed by atoms with van der Waals surface area (Å²) in [5.41, 5.74) is 3.29. The fraction of sp³-hybridized carbons (Fsp3) is 0.360. The van der Waals surface area contributed by atoms with E-state index in [2.05, 4.69) is 22.5 Å². The predicted molar refractivity (Wildman–Crippen MR) is 134 cm³/mol. The Morgan fingerprint density at radius 3 is 2.37 bits per heavy atom. The van der Waals surface area contributed by atoms with Gasteiger partial charge in [-0.05, 0) is 30.2 Å². The van der Waals surface area contributed by atoms with Gasteiger partial charge in [0, 0.05) is 23.7 Å². The van der Waals surface area contributed by atoms with Gasteiger partial charge >= 0.3 is 6.03 Å². The summed E-state index contributed by atoms with van der Waals surface area (Å²) in [7, 11) is 0. The first-order valence-corrected chi connectivity index (χ1v) is 12.2. The summed E-state index contributed by atoms with van der Waals surface area (Å²) in [6, 6.07) is 14.8. The number of aliphatic hydroxyl groups is 1. The summed E-state index contributed by atoms with van der Waals surface area (Å²) in [6.45, 7) is 4.89. The topological polar surface area (TPSA) is 97.6 Å². The summed E-state index contributed by atoms with van der Waals surface area (Å²) in [6.07, 6.45) is 0.428. The van der Waals surface area contributed by atoms with Crippen molar-refractivity contribution in [1.29, 1.82) is 0 Å². The summed E-state index contributed by atoms with van der Waals surface area (Å²) in [5, 5.41) is 15.5. The molecular formula is C25H28Cl2N4O4. The van der Waals surface area contributed by atoms with Crippen LogP contribution in [0, 0.1) is 5.92 Å². The van der Waals surface area contributed by atoms with E-state index in [9.17, 15) is 9.90 Å². The third-order valence-electron chi connectivity index (χ3n) is 6.01. The van der Waals surface area contributed by atoms with Gasteiger partial charge in [-0.1, -0.05) is 66.5 Å². The van der Waals surface area contributed by atoms with Crippen molar-refractivity contribution in [3.05, 3.63) is 81.9 Å². The van der Waals surface area contributed by atoms with Crippen LogP contribution >= 0.6 is 23.2 Å². The summed E-state index contributed by atoms with van der Waals surface area (Å²) in [4.78, 5) is 15.9. The van der Waals surface area contributed by atoms with Gasteiger partial charge in [-0.2, -0.15) is 0 Å². The van der Waals surface area contributed by atoms with Gasteiger partial charge in [0.1, 0.15) is 5.15 Å². The zero-order valence-electron chi connectivity index (χ0n) is 19.4. The van der Waals surface area contributed by atoms with E-state index in [0.29, 0.717) is 23.9 Å². The number of ether oxygens (including phenoxy) is 2. The molecular weight excluding hydrogens is 491 g/mol. The lowest BCUT2D eigenvalue weighted by molar-refractivity contribution is -0.276. The minimum atomic E-state index is -0.644. The van der Waals surface area contributed by atoms with E-state index < -0.39 is 6.29 Å². The van der Waals surface area contributed by atoms with Gasteiger partial charge in [-0.3, -0.25) is 0 Å². The highest BCUT2D eigenvalue weighted by molar-refractivity contribution is 6.40. The molecule has 4 rings (SSSR count). The van der Waals surface area contributed by atoms with E-state index in [0.717, 1.165) is 16.7 Å². The molecule has 4 atom stereocenters. The van der Waals surface area contributed by atoms with Crippen molar-refractivity contribution in [2.45, 2.75) is 45.5 Å². The third kappa shape index (κ3) is 5.97. The highest BCUT2D eigenvalue weighted by Crippen LogP contribution is 2.42. The number of halogens is 2. The number of carbonyl (C=O) groups is 1. The standard InChI is InChI=1S/C25H28Cl2N4O4/c1-3-28-25(33)30-19-10-8-18(9-11-19)24-34-20(12-31-14-29-22(26)23(31)27)15(2)21(35-24)17-6-4-16(13-32)5-7-17/h4-11,14-15,20-21,24,32H,3,12-13H2,1-2H3,(H2,28,30,33)/t15-,20+,21+,24+/m1/s1. The molecule has 0 spiro atoms. The number of nitrogens with zero attached hydrogens (tertiary/aromatic N) is 2. The second-order valence-corrected chi connectivity index (χ2v) is 9.12. The molecule has 2 amide bonds. The zero-order valence-corrected chi connectivity index (χ0v) is 21.0. The number of rotatable bonds is 7. The van der Waals surface area contributed by atoms with Crippen LogP contribution in [0.15, 0.2) is 54.9 Å². The van der Waals surface area contributed by atoms with Crippen LogP contribution < -0.4 is 10.6 Å². The first-order chi connectivity index (χ1) is 16.9. The first-order valence-electron chi connectivity index (χ1n) is 11.4. The van der Waals surface area contributed by atoms with Crippen molar-refractivity contribution in [2.24, 2.45) is 5.92 Å². The van der Waals surface area contributed by atoms with Crippen molar-refractivity contribution in [3.63, 3.8) is 0 Å². The molecule has 35 heavy (non-hydrogen) atoms. The molecule has 8 nitrogen and oxygen atoms in total. The number of urea groups is 1. The zero-order chi connectivity index (χ0) is 24.9. The second-order valence-electron chi connectivity index (χ2n) is 8.41. The minimum Gasteiger partial charge on any atom is -0.392 e. The highest BCUT2D eigenvalue weighted by Gasteiger charge is 2.38. The monoisotopic (exact) mass is 518 g/mol. The molecule has 1 aromatic heterocycles. The molecule has 0 saturated carbocycles. The maximum absolute atomic E-state index is 11.8. The van der Waals surface area contributed by atoms with Crippen molar-refractivity contribution < 1.29 is 19.4 Å². The largest absolute Gasteiger partial charge is 0.392 e. The van der Waals surface area contributed by atoms with Crippen molar-refractivity contribution >= 4 is 34.9 Å². The predicted octanol–water partition coefficient (Wildman–Crippen LogP) is 5.32. The van der Waals surface area contributed by atoms with Gasteiger partial charge in [-0.25, -0.2) is 9.78 Å². The maximum atomic E-state index is 11.8. The number of aromatic nitrogens is 2. The lowest BCUT2D eigenvalue weighted by atomic mass is 9.90. The summed E-state index contributed by atoms with van der Waals surface area (Å²) >= 11 is 12.4. The molecule has 10 heteroatoms. The number of anilines is 1. The second kappa shape index (κ2) is 11.4. The fourth-order valence-electron chi connectivity index (χ4n) is 4.05. The Kier molecular flexibility index (Phi) is 8.30. The van der Waals surface area contributed by atoms with Gasteiger partial charge in [0.25, 0.3) is 0 Å². The average molecular weight is 519 g/mol. The van der Waals surface area contributed by atoms with Crippen LogP contribution in [-0.2, 0) is 22.6 Å². The third-order valence-corrected chi connectivity index (χ3v) is 6.78. The van der Waals surface area contributed by atoms with Crippen molar-refractivity contribution in [1.82, 2.24) is 14.9 Å². The van der Waals surface area contributed by atoms with E-state index in [-0.39, 0.29) is 35.9 Å². The van der Waals surface area contributed by atoms with E-state index in [4.69, 9.17) is 32.7 Å². The lowest BCUT2D eigenvalue weighted by Gasteiger charge is -2.41. The molecule has 1 saturated heterocycles. The SMILES string of the molecule is CCNC(=O)Nc1ccc([C@H]2O[C@@H](Cn3cnc(Cl)c3Cl)[C@@H](C)[C@@H](c3ccc(CO)cc3)O2)cc1. The van der Waals surface area contributed by atoms with Gasteiger partial charge < -0.3 is 29.8 Å². The Balaban J connectivity index is 1.59. The number of hydrogen-bond donors (Lipinski definition) is 3. The highest BCUT2D eigenvalue weighted by atomic mass is 35.5. The van der Waals surface area contributed by atoms with Crippen LogP contribution in [0.4, 0.5) is 10.5 Å². The molecule has 2 heterocycles. The molecule has 3 N–H and O–H groups in total. The fourth-order valence-corrected chi connectivity index (χ4v) is 4.37. The molecule has 3 aromatic rings. The number of benzene rings is 2. The summed E-state index contributed by atoms with van der Waals surface area (Å²) in [5.74, 6) is -0.0258. The smallest absolute Gasteiger partial charge is 0.319 e. The van der Waals surface area contributed by atoms with Crippen LogP contribution in [-0.4, -0.2) is 33.3 Å². The number of imidazole rings is 1. The lowest BCUT2D eigenvalue weighted by Crippen LogP contribution is -2.39. The van der Waals surface area contributed by atoms with Crippen LogP contribution in [0.5, 0.6) is 0 Å². The molecule has 1 aliphatic heterocycles. The number of hydrogen-bond acceptors (Lipinski definition) is 5. The quantitative estimate of drug-likeness (QED) is 0.393. The van der Waals surface area contributed by atoms with Gasteiger partial charge in [0.05, 0.1) is 31.7 Å². The van der Waals surface area contributed by atoms with Crippen LogP contribution in [0.2, 0.25) is 10.3 Å². The van der Waals surface area contributed by atoms with E-state index >= 15 is 0 Å². The van der Waals surface area contributed by atoms with Crippen LogP contribution in [0.1, 0.15) is 42.9 Å². The number of carbonyl (C=O) groups excluding carboxylic acids is 1. The molecule has 0 radical (unpaired) electrons. The molecule has 1 fully saturated rings. The first kappa shape index (κ1) is 25.5. The molecule has 1 aliphatic rings. The average Bonchev–Trinajstić information content (AvgIpc) is 3.18. The maximum Gasteiger partial charge on any atom is 0.319 e. The van der Waals surface area contributed by atoms with Gasteiger partial charge in [0.15, 0.2) is 11.4 Å². The van der Waals surface area contributed by atoms with E-state index in [1.807, 2.05) is 55.5 Å². The Morgan fingerprint density at radius 1 is 1.09 bits per heavy atom. The Bertz CT molecular complexity index is 1140.